The molecule has 0 radical (unpaired) electrons. The number of aromatic nitrogens is 1. The quantitative estimate of drug-likeness (QED) is 0.261. The van der Waals surface area contributed by atoms with E-state index in [-0.39, 0.29) is 12.4 Å². The van der Waals surface area contributed by atoms with Crippen LogP contribution in [0.3, 0.4) is 0 Å². The summed E-state index contributed by atoms with van der Waals surface area (Å²) in [6.07, 6.45) is 3.33. The van der Waals surface area contributed by atoms with Gasteiger partial charge in [-0.1, -0.05) is 55.5 Å². The molecule has 6 rings (SSSR count). The van der Waals surface area contributed by atoms with Gasteiger partial charge in [0.05, 0.1) is 11.2 Å². The van der Waals surface area contributed by atoms with E-state index in [1.54, 1.807) is 12.1 Å². The van der Waals surface area contributed by atoms with Gasteiger partial charge in [0.2, 0.25) is 0 Å². The maximum absolute atomic E-state index is 13.9. The molecule has 0 fully saturated rings. The van der Waals surface area contributed by atoms with Crippen LogP contribution in [0.4, 0.5) is 4.39 Å². The van der Waals surface area contributed by atoms with Crippen molar-refractivity contribution in [3.8, 4) is 17.0 Å². The van der Waals surface area contributed by atoms with Crippen molar-refractivity contribution in [2.75, 3.05) is 0 Å². The van der Waals surface area contributed by atoms with E-state index in [1.165, 1.54) is 39.8 Å². The highest BCUT2D eigenvalue weighted by molar-refractivity contribution is 6.09. The van der Waals surface area contributed by atoms with Gasteiger partial charge in [-0.25, -0.2) is 9.37 Å². The highest BCUT2D eigenvalue weighted by Gasteiger charge is 2.23. The zero-order valence-corrected chi connectivity index (χ0v) is 19.2. The molecule has 34 heavy (non-hydrogen) atoms. The van der Waals surface area contributed by atoms with Crippen LogP contribution in [0.1, 0.15) is 30.0 Å². The summed E-state index contributed by atoms with van der Waals surface area (Å²) >= 11 is 0. The predicted octanol–water partition coefficient (Wildman–Crippen LogP) is 7.90. The van der Waals surface area contributed by atoms with Crippen LogP contribution in [0.15, 0.2) is 84.9 Å². The normalized spacial score (nSPS) is 15.4. The van der Waals surface area contributed by atoms with E-state index >= 15 is 0 Å². The molecular formula is C31H26FNO. The lowest BCUT2D eigenvalue weighted by Crippen LogP contribution is -2.14. The maximum atomic E-state index is 13.9. The zero-order valence-electron chi connectivity index (χ0n) is 19.2. The fourth-order valence-electron chi connectivity index (χ4n) is 5.21. The molecule has 0 amide bonds. The second kappa shape index (κ2) is 8.57. The predicted molar refractivity (Wildman–Crippen MR) is 137 cm³/mol. The number of fused-ring (bicyclic) bond motifs is 5. The molecule has 1 aromatic heterocycles. The highest BCUT2D eigenvalue weighted by Crippen LogP contribution is 2.39. The molecule has 0 aliphatic heterocycles. The molecule has 0 spiro atoms. The van der Waals surface area contributed by atoms with E-state index in [4.69, 9.17) is 9.72 Å². The Kier molecular flexibility index (Phi) is 5.26. The third kappa shape index (κ3) is 3.71. The second-order valence-corrected chi connectivity index (χ2v) is 9.35. The van der Waals surface area contributed by atoms with Gasteiger partial charge in [-0.3, -0.25) is 0 Å². The molecule has 4 aromatic carbocycles. The van der Waals surface area contributed by atoms with Gasteiger partial charge < -0.3 is 4.74 Å². The van der Waals surface area contributed by atoms with E-state index < -0.39 is 0 Å². The lowest BCUT2D eigenvalue weighted by molar-refractivity contribution is 0.300. The molecule has 0 saturated heterocycles. The lowest BCUT2D eigenvalue weighted by Gasteiger charge is -2.26. The van der Waals surface area contributed by atoms with Gasteiger partial charge >= 0.3 is 0 Å². The summed E-state index contributed by atoms with van der Waals surface area (Å²) in [6.45, 7) is 2.54. The number of hydrogen-bond acceptors (Lipinski definition) is 2. The van der Waals surface area contributed by atoms with Crippen molar-refractivity contribution in [1.82, 2.24) is 4.98 Å². The van der Waals surface area contributed by atoms with Gasteiger partial charge in [0.25, 0.3) is 0 Å². The molecule has 0 saturated carbocycles. The van der Waals surface area contributed by atoms with E-state index in [9.17, 15) is 4.39 Å². The topological polar surface area (TPSA) is 22.1 Å². The average molecular weight is 448 g/mol. The van der Waals surface area contributed by atoms with Gasteiger partial charge in [-0.05, 0) is 83.5 Å². The number of ether oxygens (including phenoxy) is 1. The summed E-state index contributed by atoms with van der Waals surface area (Å²) in [4.78, 5) is 5.19. The number of pyridine rings is 1. The van der Waals surface area contributed by atoms with Gasteiger partial charge in [-0.2, -0.15) is 0 Å². The van der Waals surface area contributed by atoms with Gasteiger partial charge in [0, 0.05) is 16.5 Å². The summed E-state index contributed by atoms with van der Waals surface area (Å²) in [5, 5.41) is 3.87. The average Bonchev–Trinajstić information content (AvgIpc) is 2.87. The Balaban J connectivity index is 1.40. The van der Waals surface area contributed by atoms with Crippen LogP contribution in [0.2, 0.25) is 0 Å². The largest absolute Gasteiger partial charge is 0.489 e. The molecule has 0 N–H and O–H groups in total. The van der Waals surface area contributed by atoms with Crippen LogP contribution in [0.25, 0.3) is 32.9 Å². The molecule has 168 valence electrons. The highest BCUT2D eigenvalue weighted by atomic mass is 19.1. The Morgan fingerprint density at radius 3 is 2.53 bits per heavy atom. The summed E-state index contributed by atoms with van der Waals surface area (Å²) in [5.74, 6) is 1.12. The van der Waals surface area contributed by atoms with E-state index in [2.05, 4.69) is 55.5 Å². The Morgan fingerprint density at radius 1 is 0.882 bits per heavy atom. The molecule has 5 aromatic rings. The first-order valence-corrected chi connectivity index (χ1v) is 12.0. The van der Waals surface area contributed by atoms with Crippen molar-refractivity contribution >= 4 is 21.7 Å². The monoisotopic (exact) mass is 447 g/mol. The fraction of sp³-hybridized carbons (Fsp3) is 0.194. The minimum atomic E-state index is -0.243. The van der Waals surface area contributed by atoms with Gasteiger partial charge in [-0.15, -0.1) is 0 Å². The van der Waals surface area contributed by atoms with Crippen molar-refractivity contribution in [1.29, 1.82) is 0 Å². The summed E-state index contributed by atoms with van der Waals surface area (Å²) in [5.41, 5.74) is 6.61. The number of aryl methyl sites for hydroxylation is 1. The zero-order chi connectivity index (χ0) is 23.1. The van der Waals surface area contributed by atoms with E-state index in [0.29, 0.717) is 11.5 Å². The molecule has 2 nitrogen and oxygen atoms in total. The van der Waals surface area contributed by atoms with Crippen molar-refractivity contribution in [3.63, 3.8) is 0 Å². The van der Waals surface area contributed by atoms with E-state index in [0.717, 1.165) is 35.4 Å². The molecule has 0 unspecified atom stereocenters. The summed E-state index contributed by atoms with van der Waals surface area (Å²) < 4.78 is 19.8. The molecule has 1 aliphatic rings. The smallest absolute Gasteiger partial charge is 0.129 e. The van der Waals surface area contributed by atoms with Crippen molar-refractivity contribution in [2.24, 2.45) is 5.92 Å². The van der Waals surface area contributed by atoms with Gasteiger partial charge in [0.15, 0.2) is 0 Å². The maximum Gasteiger partial charge on any atom is 0.129 e. The number of benzene rings is 4. The minimum absolute atomic E-state index is 0.209. The van der Waals surface area contributed by atoms with Crippen LogP contribution >= 0.6 is 0 Å². The Bertz CT molecular complexity index is 1510. The Hall–Kier alpha value is -3.72. The van der Waals surface area contributed by atoms with Crippen LogP contribution in [-0.4, -0.2) is 4.98 Å². The number of rotatable bonds is 4. The van der Waals surface area contributed by atoms with Crippen LogP contribution in [-0.2, 0) is 19.4 Å². The third-order valence-electron chi connectivity index (χ3n) is 7.01. The Labute approximate surface area is 199 Å². The van der Waals surface area contributed by atoms with E-state index in [1.807, 2.05) is 18.2 Å². The molecule has 3 heteroatoms. The molecule has 1 aliphatic carbocycles. The van der Waals surface area contributed by atoms with Crippen LogP contribution in [0.5, 0.6) is 5.75 Å². The number of halogens is 1. The Morgan fingerprint density at radius 2 is 1.68 bits per heavy atom. The molecular weight excluding hydrogens is 421 g/mol. The van der Waals surface area contributed by atoms with Gasteiger partial charge in [0.1, 0.15) is 18.2 Å². The molecule has 0 bridgehead atoms. The van der Waals surface area contributed by atoms with Crippen LogP contribution < -0.4 is 4.74 Å². The first-order valence-electron chi connectivity index (χ1n) is 12.0. The van der Waals surface area contributed by atoms with Crippen LogP contribution in [0, 0.1) is 11.7 Å². The minimum Gasteiger partial charge on any atom is -0.489 e. The lowest BCUT2D eigenvalue weighted by atomic mass is 9.80. The third-order valence-corrected chi connectivity index (χ3v) is 7.01. The van der Waals surface area contributed by atoms with Crippen molar-refractivity contribution in [3.05, 3.63) is 107 Å². The molecule has 1 heterocycles. The van der Waals surface area contributed by atoms with Crippen molar-refractivity contribution in [2.45, 2.75) is 32.8 Å². The first kappa shape index (κ1) is 20.9. The fourth-order valence-corrected chi connectivity index (χ4v) is 5.21. The SMILES string of the molecule is C[C@H]1CCc2c(c(-c3ccc(OCc4ccccc4F)cc3)nc3ccc4ccccc4c23)C1. The first-order chi connectivity index (χ1) is 16.7. The summed E-state index contributed by atoms with van der Waals surface area (Å²) in [6, 6.07) is 27.7. The summed E-state index contributed by atoms with van der Waals surface area (Å²) in [7, 11) is 0. The molecule has 1 atom stereocenters. The number of nitrogens with zero attached hydrogens (tertiary/aromatic N) is 1. The standard InChI is InChI=1S/C31H26FNO/c1-20-10-16-26-27(18-20)31(33-29-17-13-21-6-2-4-8-25(21)30(26)29)22-11-14-24(15-12-22)34-19-23-7-3-5-9-28(23)32/h2-9,11-15,17,20H,10,16,18-19H2,1H3/t20-/m0/s1. The number of hydrogen-bond donors (Lipinski definition) is 0. The van der Waals surface area contributed by atoms with Crippen molar-refractivity contribution < 1.29 is 9.13 Å². The second-order valence-electron chi connectivity index (χ2n) is 9.35.